The standard InChI is InChI=1S/C21H28F3N3O3/c1-14(2)27-13-16(11-19(27)28)20(29)25-12-18(26-7-9-30-10-8-26)15-3-5-17(6-4-15)21(22,23)24/h3-6,14,16,18H,7-13H2,1-2H3,(H,25,29). The fourth-order valence-electron chi connectivity index (χ4n) is 3.99. The Morgan fingerprint density at radius 3 is 2.37 bits per heavy atom. The third kappa shape index (κ3) is 5.31. The molecule has 166 valence electrons. The number of halogens is 3. The van der Waals surface area contributed by atoms with E-state index in [9.17, 15) is 22.8 Å². The highest BCUT2D eigenvalue weighted by Crippen LogP contribution is 2.31. The molecule has 0 spiro atoms. The molecule has 3 rings (SSSR count). The van der Waals surface area contributed by atoms with Gasteiger partial charge in [0.15, 0.2) is 0 Å². The number of carbonyl (C=O) groups is 2. The van der Waals surface area contributed by atoms with Gasteiger partial charge in [-0.1, -0.05) is 12.1 Å². The first kappa shape index (κ1) is 22.6. The zero-order valence-electron chi connectivity index (χ0n) is 17.2. The zero-order chi connectivity index (χ0) is 21.9. The first-order chi connectivity index (χ1) is 14.2. The van der Waals surface area contributed by atoms with Gasteiger partial charge in [-0.25, -0.2) is 0 Å². The van der Waals surface area contributed by atoms with E-state index in [-0.39, 0.29) is 36.9 Å². The van der Waals surface area contributed by atoms with Crippen LogP contribution < -0.4 is 5.32 Å². The van der Waals surface area contributed by atoms with Crippen LogP contribution in [-0.4, -0.2) is 67.0 Å². The molecule has 9 heteroatoms. The highest BCUT2D eigenvalue weighted by Gasteiger charge is 2.36. The molecule has 2 aliphatic heterocycles. The molecule has 1 N–H and O–H groups in total. The molecule has 1 aromatic rings. The van der Waals surface area contributed by atoms with Gasteiger partial charge in [0.25, 0.3) is 0 Å². The number of nitrogens with one attached hydrogen (secondary N) is 1. The Bertz CT molecular complexity index is 746. The number of hydrogen-bond acceptors (Lipinski definition) is 4. The molecule has 2 atom stereocenters. The Morgan fingerprint density at radius 2 is 1.83 bits per heavy atom. The van der Waals surface area contributed by atoms with E-state index in [1.807, 2.05) is 13.8 Å². The molecule has 0 aliphatic carbocycles. The molecule has 2 unspecified atom stereocenters. The maximum atomic E-state index is 12.9. The van der Waals surface area contributed by atoms with Crippen molar-refractivity contribution in [1.82, 2.24) is 15.1 Å². The first-order valence-corrected chi connectivity index (χ1v) is 10.2. The minimum Gasteiger partial charge on any atom is -0.379 e. The zero-order valence-corrected chi connectivity index (χ0v) is 17.2. The van der Waals surface area contributed by atoms with Crippen molar-refractivity contribution in [3.63, 3.8) is 0 Å². The van der Waals surface area contributed by atoms with E-state index in [2.05, 4.69) is 10.2 Å². The van der Waals surface area contributed by atoms with Gasteiger partial charge in [0.2, 0.25) is 11.8 Å². The number of likely N-dealkylation sites (tertiary alicyclic amines) is 1. The molecule has 0 aromatic heterocycles. The maximum absolute atomic E-state index is 12.9. The molecule has 2 aliphatic rings. The number of ether oxygens (including phenoxy) is 1. The van der Waals surface area contributed by atoms with Gasteiger partial charge in [0.1, 0.15) is 0 Å². The third-order valence-electron chi connectivity index (χ3n) is 5.73. The topological polar surface area (TPSA) is 61.9 Å². The molecule has 0 radical (unpaired) electrons. The number of amides is 2. The van der Waals surface area contributed by atoms with Crippen molar-refractivity contribution in [2.75, 3.05) is 39.4 Å². The smallest absolute Gasteiger partial charge is 0.379 e. The Balaban J connectivity index is 1.69. The number of hydrogen-bond donors (Lipinski definition) is 1. The van der Waals surface area contributed by atoms with E-state index in [4.69, 9.17) is 4.74 Å². The van der Waals surface area contributed by atoms with E-state index in [1.54, 1.807) is 4.90 Å². The molecular formula is C21H28F3N3O3. The SMILES string of the molecule is CC(C)N1CC(C(=O)NCC(c2ccc(C(F)(F)F)cc2)N2CCOCC2)CC1=O. The number of carbonyl (C=O) groups excluding carboxylic acids is 2. The van der Waals surface area contributed by atoms with Crippen molar-refractivity contribution < 1.29 is 27.5 Å². The lowest BCUT2D eigenvalue weighted by Crippen LogP contribution is -2.45. The van der Waals surface area contributed by atoms with Crippen LogP contribution in [0.1, 0.15) is 37.4 Å². The fraction of sp³-hybridized carbons (Fsp3) is 0.619. The summed E-state index contributed by atoms with van der Waals surface area (Å²) < 4.78 is 44.1. The molecule has 2 saturated heterocycles. The monoisotopic (exact) mass is 427 g/mol. The summed E-state index contributed by atoms with van der Waals surface area (Å²) >= 11 is 0. The molecule has 0 saturated carbocycles. The van der Waals surface area contributed by atoms with Crippen LogP contribution in [0.15, 0.2) is 24.3 Å². The summed E-state index contributed by atoms with van der Waals surface area (Å²) in [5, 5.41) is 2.92. The normalized spacial score (nSPS) is 21.9. The van der Waals surface area contributed by atoms with Crippen molar-refractivity contribution in [3.8, 4) is 0 Å². The van der Waals surface area contributed by atoms with Gasteiger partial charge in [0, 0.05) is 38.6 Å². The van der Waals surface area contributed by atoms with Crippen LogP contribution >= 0.6 is 0 Å². The van der Waals surface area contributed by atoms with Crippen molar-refractivity contribution in [3.05, 3.63) is 35.4 Å². The average Bonchev–Trinajstić information content (AvgIpc) is 3.11. The number of alkyl halides is 3. The second kappa shape index (κ2) is 9.34. The Morgan fingerprint density at radius 1 is 1.20 bits per heavy atom. The summed E-state index contributed by atoms with van der Waals surface area (Å²) in [6.45, 7) is 6.81. The van der Waals surface area contributed by atoms with Crippen molar-refractivity contribution in [2.45, 2.75) is 38.5 Å². The highest BCUT2D eigenvalue weighted by molar-refractivity contribution is 5.89. The summed E-state index contributed by atoms with van der Waals surface area (Å²) in [5.41, 5.74) is 0.00534. The predicted octanol–water partition coefficient (Wildman–Crippen LogP) is 2.45. The lowest BCUT2D eigenvalue weighted by molar-refractivity contribution is -0.137. The van der Waals surface area contributed by atoms with Gasteiger partial charge >= 0.3 is 6.18 Å². The molecule has 2 amide bonds. The minimum atomic E-state index is -4.39. The third-order valence-corrected chi connectivity index (χ3v) is 5.73. The number of morpholine rings is 1. The van der Waals surface area contributed by atoms with Gasteiger partial charge < -0.3 is 15.0 Å². The van der Waals surface area contributed by atoms with Crippen LogP contribution in [0.5, 0.6) is 0 Å². The van der Waals surface area contributed by atoms with E-state index in [0.717, 1.165) is 12.1 Å². The predicted molar refractivity (Wildman–Crippen MR) is 105 cm³/mol. The second-order valence-electron chi connectivity index (χ2n) is 8.07. The lowest BCUT2D eigenvalue weighted by atomic mass is 10.0. The van der Waals surface area contributed by atoms with Crippen LogP contribution in [0.3, 0.4) is 0 Å². The van der Waals surface area contributed by atoms with E-state index in [0.29, 0.717) is 38.4 Å². The van der Waals surface area contributed by atoms with E-state index < -0.39 is 17.7 Å². The van der Waals surface area contributed by atoms with E-state index >= 15 is 0 Å². The molecule has 30 heavy (non-hydrogen) atoms. The van der Waals surface area contributed by atoms with Gasteiger partial charge in [-0.3, -0.25) is 14.5 Å². The van der Waals surface area contributed by atoms with Crippen molar-refractivity contribution >= 4 is 11.8 Å². The van der Waals surface area contributed by atoms with Crippen LogP contribution in [0.25, 0.3) is 0 Å². The fourth-order valence-corrected chi connectivity index (χ4v) is 3.99. The second-order valence-corrected chi connectivity index (χ2v) is 8.07. The summed E-state index contributed by atoms with van der Waals surface area (Å²) in [7, 11) is 0. The van der Waals surface area contributed by atoms with Gasteiger partial charge in [-0.15, -0.1) is 0 Å². The molecule has 2 heterocycles. The maximum Gasteiger partial charge on any atom is 0.416 e. The van der Waals surface area contributed by atoms with Gasteiger partial charge in [0.05, 0.1) is 30.7 Å². The Labute approximate surface area is 174 Å². The minimum absolute atomic E-state index is 0.0300. The quantitative estimate of drug-likeness (QED) is 0.758. The Kier molecular flexibility index (Phi) is 7.02. The van der Waals surface area contributed by atoms with Crippen molar-refractivity contribution in [2.24, 2.45) is 5.92 Å². The summed E-state index contributed by atoms with van der Waals surface area (Å²) in [6.07, 6.45) is -4.20. The summed E-state index contributed by atoms with van der Waals surface area (Å²) in [4.78, 5) is 28.6. The number of rotatable bonds is 6. The van der Waals surface area contributed by atoms with Gasteiger partial charge in [-0.2, -0.15) is 13.2 Å². The van der Waals surface area contributed by atoms with Crippen LogP contribution in [0.2, 0.25) is 0 Å². The first-order valence-electron chi connectivity index (χ1n) is 10.2. The summed E-state index contributed by atoms with van der Waals surface area (Å²) in [6, 6.07) is 4.85. The molecule has 2 fully saturated rings. The molecule has 6 nitrogen and oxygen atoms in total. The van der Waals surface area contributed by atoms with Crippen LogP contribution in [-0.2, 0) is 20.5 Å². The van der Waals surface area contributed by atoms with E-state index in [1.165, 1.54) is 12.1 Å². The van der Waals surface area contributed by atoms with Crippen LogP contribution in [0.4, 0.5) is 13.2 Å². The number of benzene rings is 1. The van der Waals surface area contributed by atoms with Crippen molar-refractivity contribution in [1.29, 1.82) is 0 Å². The lowest BCUT2D eigenvalue weighted by Gasteiger charge is -2.35. The average molecular weight is 427 g/mol. The number of nitrogens with zero attached hydrogens (tertiary/aromatic N) is 2. The summed E-state index contributed by atoms with van der Waals surface area (Å²) in [5.74, 6) is -0.632. The molecule has 1 aromatic carbocycles. The largest absolute Gasteiger partial charge is 0.416 e. The highest BCUT2D eigenvalue weighted by atomic mass is 19.4. The van der Waals surface area contributed by atoms with Crippen LogP contribution in [0, 0.1) is 5.92 Å². The molecular weight excluding hydrogens is 399 g/mol. The molecule has 0 bridgehead atoms. The Hall–Kier alpha value is -2.13. The van der Waals surface area contributed by atoms with Gasteiger partial charge in [-0.05, 0) is 31.5 Å².